The summed E-state index contributed by atoms with van der Waals surface area (Å²) in [6, 6.07) is 3.19. The molecule has 0 aliphatic rings. The first kappa shape index (κ1) is 14.6. The Morgan fingerprint density at radius 3 is 2.80 bits per heavy atom. The summed E-state index contributed by atoms with van der Waals surface area (Å²) in [5.41, 5.74) is 0.321. The third-order valence-corrected chi connectivity index (χ3v) is 3.17. The number of hydrogen-bond donors (Lipinski definition) is 1. The molecule has 1 aromatic carbocycles. The minimum absolute atomic E-state index is 0.321. The van der Waals surface area contributed by atoms with Crippen LogP contribution in [0.3, 0.4) is 0 Å². The first-order valence-corrected chi connectivity index (χ1v) is 6.63. The van der Waals surface area contributed by atoms with E-state index in [1.165, 1.54) is 12.4 Å². The number of aromatic nitrogens is 3. The monoisotopic (exact) mass is 280 g/mol. The minimum Gasteiger partial charge on any atom is -0.309 e. The van der Waals surface area contributed by atoms with Crippen LogP contribution < -0.4 is 5.32 Å². The zero-order valence-electron chi connectivity index (χ0n) is 11.6. The van der Waals surface area contributed by atoms with Crippen LogP contribution >= 0.6 is 0 Å². The zero-order chi connectivity index (χ0) is 14.5. The molecule has 0 saturated carbocycles. The van der Waals surface area contributed by atoms with E-state index in [1.54, 1.807) is 11.7 Å². The van der Waals surface area contributed by atoms with Gasteiger partial charge in [0, 0.05) is 25.1 Å². The van der Waals surface area contributed by atoms with Crippen molar-refractivity contribution >= 4 is 0 Å². The van der Waals surface area contributed by atoms with Crippen LogP contribution in [0, 0.1) is 11.6 Å². The zero-order valence-corrected chi connectivity index (χ0v) is 11.6. The van der Waals surface area contributed by atoms with E-state index in [2.05, 4.69) is 15.4 Å². The molecule has 1 N–H and O–H groups in total. The lowest BCUT2D eigenvalue weighted by Gasteiger charge is -2.19. The van der Waals surface area contributed by atoms with Gasteiger partial charge in [0.2, 0.25) is 0 Å². The Morgan fingerprint density at radius 1 is 1.35 bits per heavy atom. The molecule has 108 valence electrons. The highest BCUT2D eigenvalue weighted by Crippen LogP contribution is 2.21. The highest BCUT2D eigenvalue weighted by molar-refractivity contribution is 5.23. The van der Waals surface area contributed by atoms with Gasteiger partial charge in [0.05, 0.1) is 0 Å². The normalized spacial score (nSPS) is 12.6. The number of aryl methyl sites for hydroxylation is 1. The highest BCUT2D eigenvalue weighted by Gasteiger charge is 2.18. The molecule has 4 nitrogen and oxygen atoms in total. The molecule has 0 spiro atoms. The predicted molar refractivity (Wildman–Crippen MR) is 72.1 cm³/mol. The van der Waals surface area contributed by atoms with Gasteiger partial charge in [-0.3, -0.25) is 4.68 Å². The molecule has 1 atom stereocenters. The summed E-state index contributed by atoms with van der Waals surface area (Å²) < 4.78 is 28.9. The van der Waals surface area contributed by atoms with Crippen LogP contribution in [-0.4, -0.2) is 21.3 Å². The molecule has 2 aromatic rings. The lowest BCUT2D eigenvalue weighted by molar-refractivity contribution is 0.476. The lowest BCUT2D eigenvalue weighted by Crippen LogP contribution is -2.26. The van der Waals surface area contributed by atoms with E-state index in [-0.39, 0.29) is 6.04 Å². The summed E-state index contributed by atoms with van der Waals surface area (Å²) in [7, 11) is 1.78. The van der Waals surface area contributed by atoms with Gasteiger partial charge < -0.3 is 5.32 Å². The van der Waals surface area contributed by atoms with Crippen molar-refractivity contribution in [2.75, 3.05) is 6.54 Å². The Morgan fingerprint density at radius 2 is 2.15 bits per heavy atom. The van der Waals surface area contributed by atoms with Gasteiger partial charge in [-0.25, -0.2) is 13.8 Å². The van der Waals surface area contributed by atoms with Crippen LogP contribution in [-0.2, 0) is 13.5 Å². The topological polar surface area (TPSA) is 42.7 Å². The third-order valence-electron chi connectivity index (χ3n) is 3.17. The quantitative estimate of drug-likeness (QED) is 0.883. The van der Waals surface area contributed by atoms with Gasteiger partial charge >= 0.3 is 0 Å². The van der Waals surface area contributed by atoms with E-state index in [0.29, 0.717) is 12.0 Å². The van der Waals surface area contributed by atoms with Gasteiger partial charge in [0.15, 0.2) is 0 Å². The second kappa shape index (κ2) is 6.56. The first-order chi connectivity index (χ1) is 9.61. The van der Waals surface area contributed by atoms with Crippen LogP contribution in [0.5, 0.6) is 0 Å². The summed E-state index contributed by atoms with van der Waals surface area (Å²) >= 11 is 0. The number of benzene rings is 1. The molecule has 6 heteroatoms. The molecule has 20 heavy (non-hydrogen) atoms. The number of nitrogens with zero attached hydrogens (tertiary/aromatic N) is 3. The average molecular weight is 280 g/mol. The summed E-state index contributed by atoms with van der Waals surface area (Å²) in [6.07, 6.45) is 2.82. The Labute approximate surface area is 116 Å². The van der Waals surface area contributed by atoms with Crippen molar-refractivity contribution in [3.8, 4) is 0 Å². The number of rotatable bonds is 6. The predicted octanol–water partition coefficient (Wildman–Crippen LogP) is 2.38. The maximum absolute atomic E-state index is 13.9. The second-order valence-corrected chi connectivity index (χ2v) is 4.68. The van der Waals surface area contributed by atoms with E-state index in [4.69, 9.17) is 0 Å². The van der Waals surface area contributed by atoms with Crippen LogP contribution in [0.25, 0.3) is 0 Å². The van der Waals surface area contributed by atoms with E-state index >= 15 is 0 Å². The number of halogens is 2. The second-order valence-electron chi connectivity index (χ2n) is 4.68. The van der Waals surface area contributed by atoms with Crippen LogP contribution in [0.1, 0.15) is 30.8 Å². The van der Waals surface area contributed by atoms with Crippen molar-refractivity contribution in [2.45, 2.75) is 25.8 Å². The van der Waals surface area contributed by atoms with Crippen LogP contribution in [0.4, 0.5) is 8.78 Å². The van der Waals surface area contributed by atoms with E-state index < -0.39 is 11.6 Å². The molecule has 0 fully saturated rings. The van der Waals surface area contributed by atoms with Gasteiger partial charge in [-0.1, -0.05) is 6.92 Å². The SMILES string of the molecule is CCCNC(Cc1ncnn1C)c1cc(F)ccc1F. The van der Waals surface area contributed by atoms with Crippen molar-refractivity contribution in [1.82, 2.24) is 20.1 Å². The van der Waals surface area contributed by atoms with E-state index in [0.717, 1.165) is 30.9 Å². The fourth-order valence-corrected chi connectivity index (χ4v) is 2.08. The van der Waals surface area contributed by atoms with Gasteiger partial charge in [0.25, 0.3) is 0 Å². The molecule has 0 radical (unpaired) electrons. The Hall–Kier alpha value is -1.82. The summed E-state index contributed by atoms with van der Waals surface area (Å²) in [5.74, 6) is -0.132. The van der Waals surface area contributed by atoms with Crippen molar-refractivity contribution in [1.29, 1.82) is 0 Å². The highest BCUT2D eigenvalue weighted by atomic mass is 19.1. The molecule has 0 bridgehead atoms. The van der Waals surface area contributed by atoms with Crippen molar-refractivity contribution in [3.63, 3.8) is 0 Å². The van der Waals surface area contributed by atoms with Crippen molar-refractivity contribution in [3.05, 3.63) is 47.5 Å². The largest absolute Gasteiger partial charge is 0.309 e. The number of hydrogen-bond acceptors (Lipinski definition) is 3. The van der Waals surface area contributed by atoms with Gasteiger partial charge in [0.1, 0.15) is 23.8 Å². The van der Waals surface area contributed by atoms with Gasteiger partial charge in [-0.2, -0.15) is 5.10 Å². The van der Waals surface area contributed by atoms with E-state index in [1.807, 2.05) is 6.92 Å². The molecule has 2 rings (SSSR count). The van der Waals surface area contributed by atoms with Crippen molar-refractivity contribution < 1.29 is 8.78 Å². The Kier molecular flexibility index (Phi) is 4.79. The maximum Gasteiger partial charge on any atom is 0.138 e. The molecule has 0 aliphatic heterocycles. The smallest absolute Gasteiger partial charge is 0.138 e. The minimum atomic E-state index is -0.442. The molecule has 0 aliphatic carbocycles. The molecule has 1 heterocycles. The molecule has 1 unspecified atom stereocenters. The standard InChI is InChI=1S/C14H18F2N4/c1-3-6-17-13(8-14-18-9-19-20(14)2)11-7-10(15)4-5-12(11)16/h4-5,7,9,13,17H,3,6,8H2,1-2H3. The maximum atomic E-state index is 13.9. The molecular weight excluding hydrogens is 262 g/mol. The van der Waals surface area contributed by atoms with Crippen LogP contribution in [0.2, 0.25) is 0 Å². The average Bonchev–Trinajstić information content (AvgIpc) is 2.83. The molecule has 1 aromatic heterocycles. The third kappa shape index (κ3) is 3.39. The molecule has 0 saturated heterocycles. The summed E-state index contributed by atoms with van der Waals surface area (Å²) in [5, 5.41) is 7.23. The number of nitrogens with one attached hydrogen (secondary N) is 1. The summed E-state index contributed by atoms with van der Waals surface area (Å²) in [4.78, 5) is 4.14. The Bertz CT molecular complexity index is 568. The fraction of sp³-hybridized carbons (Fsp3) is 0.429. The molecular formula is C14H18F2N4. The lowest BCUT2D eigenvalue weighted by atomic mass is 10.0. The first-order valence-electron chi connectivity index (χ1n) is 6.63. The van der Waals surface area contributed by atoms with Crippen molar-refractivity contribution in [2.24, 2.45) is 7.05 Å². The molecule has 0 amide bonds. The van der Waals surface area contributed by atoms with E-state index in [9.17, 15) is 8.78 Å². The van der Waals surface area contributed by atoms with Crippen LogP contribution in [0.15, 0.2) is 24.5 Å². The summed E-state index contributed by atoms with van der Waals surface area (Å²) in [6.45, 7) is 2.74. The van der Waals surface area contributed by atoms with Gasteiger partial charge in [-0.15, -0.1) is 0 Å². The van der Waals surface area contributed by atoms with Gasteiger partial charge in [-0.05, 0) is 31.2 Å². The fourth-order valence-electron chi connectivity index (χ4n) is 2.08. The Balaban J connectivity index is 2.27.